The first kappa shape index (κ1) is 13.0. The molecule has 0 N–H and O–H groups in total. The molecule has 0 aliphatic rings. The van der Waals surface area contributed by atoms with Gasteiger partial charge >= 0.3 is 0 Å². The molecule has 2 aromatic heterocycles. The van der Waals surface area contributed by atoms with Crippen LogP contribution >= 0.6 is 11.6 Å². The number of imidazole rings is 1. The highest BCUT2D eigenvalue weighted by Crippen LogP contribution is 2.12. The minimum atomic E-state index is 0.505. The lowest BCUT2D eigenvalue weighted by molar-refractivity contribution is 0.644. The van der Waals surface area contributed by atoms with E-state index in [1.54, 1.807) is 0 Å². The van der Waals surface area contributed by atoms with Crippen molar-refractivity contribution < 1.29 is 0 Å². The van der Waals surface area contributed by atoms with Gasteiger partial charge in [-0.2, -0.15) is 0 Å². The average molecular weight is 265 g/mol. The SMILES string of the molecule is CCCn1ccnc1Cc1cc(Cl)nc(CC)n1. The second kappa shape index (κ2) is 5.96. The third-order valence-electron chi connectivity index (χ3n) is 2.72. The first-order valence-electron chi connectivity index (χ1n) is 6.25. The molecule has 0 spiro atoms. The van der Waals surface area contributed by atoms with Crippen LogP contribution in [0.5, 0.6) is 0 Å². The Morgan fingerprint density at radius 2 is 2.11 bits per heavy atom. The van der Waals surface area contributed by atoms with Crippen LogP contribution in [-0.4, -0.2) is 19.5 Å². The number of aromatic nitrogens is 4. The summed E-state index contributed by atoms with van der Waals surface area (Å²) in [5.74, 6) is 1.81. The van der Waals surface area contributed by atoms with E-state index in [2.05, 4.69) is 26.4 Å². The lowest BCUT2D eigenvalue weighted by Crippen LogP contribution is -2.06. The second-order valence-electron chi connectivity index (χ2n) is 4.17. The minimum absolute atomic E-state index is 0.505. The largest absolute Gasteiger partial charge is 0.335 e. The number of hydrogen-bond acceptors (Lipinski definition) is 3. The highest BCUT2D eigenvalue weighted by Gasteiger charge is 2.07. The standard InChI is InChI=1S/C13H17ClN4/c1-3-6-18-7-5-15-13(18)9-10-8-11(14)17-12(4-2)16-10/h5,7-8H,3-4,6,9H2,1-2H3. The summed E-state index contributed by atoms with van der Waals surface area (Å²) in [6.07, 6.45) is 6.41. The molecule has 96 valence electrons. The molecule has 4 nitrogen and oxygen atoms in total. The van der Waals surface area contributed by atoms with E-state index in [0.717, 1.165) is 36.7 Å². The second-order valence-corrected chi connectivity index (χ2v) is 4.55. The zero-order valence-electron chi connectivity index (χ0n) is 10.7. The topological polar surface area (TPSA) is 43.6 Å². The van der Waals surface area contributed by atoms with Gasteiger partial charge in [0.25, 0.3) is 0 Å². The fourth-order valence-corrected chi connectivity index (χ4v) is 2.10. The Hall–Kier alpha value is -1.42. The van der Waals surface area contributed by atoms with Crippen molar-refractivity contribution >= 4 is 11.6 Å². The van der Waals surface area contributed by atoms with Crippen LogP contribution < -0.4 is 0 Å². The number of rotatable bonds is 5. The predicted octanol–water partition coefficient (Wildman–Crippen LogP) is 2.89. The van der Waals surface area contributed by atoms with Gasteiger partial charge in [-0.25, -0.2) is 15.0 Å². The molecule has 0 fully saturated rings. The Morgan fingerprint density at radius 1 is 1.28 bits per heavy atom. The van der Waals surface area contributed by atoms with Crippen molar-refractivity contribution in [1.29, 1.82) is 0 Å². The maximum atomic E-state index is 5.99. The van der Waals surface area contributed by atoms with E-state index in [0.29, 0.717) is 11.6 Å². The number of hydrogen-bond donors (Lipinski definition) is 0. The van der Waals surface area contributed by atoms with E-state index >= 15 is 0 Å². The Labute approximate surface area is 112 Å². The van der Waals surface area contributed by atoms with Crippen LogP contribution in [0.25, 0.3) is 0 Å². The van der Waals surface area contributed by atoms with Crippen molar-refractivity contribution in [2.24, 2.45) is 0 Å². The molecule has 0 bridgehead atoms. The predicted molar refractivity (Wildman–Crippen MR) is 71.7 cm³/mol. The molecule has 0 unspecified atom stereocenters. The molecule has 0 saturated heterocycles. The van der Waals surface area contributed by atoms with Crippen LogP contribution in [0.4, 0.5) is 0 Å². The fraction of sp³-hybridized carbons (Fsp3) is 0.462. The van der Waals surface area contributed by atoms with Gasteiger partial charge in [-0.05, 0) is 12.5 Å². The maximum Gasteiger partial charge on any atom is 0.133 e. The first-order valence-corrected chi connectivity index (χ1v) is 6.63. The summed E-state index contributed by atoms with van der Waals surface area (Å²) >= 11 is 5.99. The minimum Gasteiger partial charge on any atom is -0.335 e. The van der Waals surface area contributed by atoms with Crippen molar-refractivity contribution in [2.75, 3.05) is 0 Å². The fourth-order valence-electron chi connectivity index (χ4n) is 1.88. The van der Waals surface area contributed by atoms with E-state index in [-0.39, 0.29) is 0 Å². The molecular weight excluding hydrogens is 248 g/mol. The van der Waals surface area contributed by atoms with Gasteiger partial charge in [0.15, 0.2) is 0 Å². The maximum absolute atomic E-state index is 5.99. The Balaban J connectivity index is 2.22. The molecule has 0 aliphatic carbocycles. The molecule has 5 heteroatoms. The molecule has 2 heterocycles. The van der Waals surface area contributed by atoms with Crippen LogP contribution in [0, 0.1) is 0 Å². The summed E-state index contributed by atoms with van der Waals surface area (Å²) in [6.45, 7) is 5.16. The normalized spacial score (nSPS) is 10.8. The lowest BCUT2D eigenvalue weighted by Gasteiger charge is -2.07. The Morgan fingerprint density at radius 3 is 2.83 bits per heavy atom. The van der Waals surface area contributed by atoms with Gasteiger partial charge < -0.3 is 4.57 Å². The molecular formula is C13H17ClN4. The van der Waals surface area contributed by atoms with E-state index in [1.807, 2.05) is 25.4 Å². The zero-order valence-corrected chi connectivity index (χ0v) is 11.5. The van der Waals surface area contributed by atoms with Gasteiger partial charge in [0.05, 0.1) is 5.69 Å². The van der Waals surface area contributed by atoms with Gasteiger partial charge in [0.1, 0.15) is 16.8 Å². The van der Waals surface area contributed by atoms with Gasteiger partial charge in [0, 0.05) is 31.8 Å². The zero-order chi connectivity index (χ0) is 13.0. The summed E-state index contributed by atoms with van der Waals surface area (Å²) in [5.41, 5.74) is 0.926. The molecule has 0 radical (unpaired) electrons. The van der Waals surface area contributed by atoms with Crippen molar-refractivity contribution in [1.82, 2.24) is 19.5 Å². The van der Waals surface area contributed by atoms with Crippen molar-refractivity contribution in [2.45, 2.75) is 39.7 Å². The van der Waals surface area contributed by atoms with Crippen molar-refractivity contribution in [3.05, 3.63) is 41.0 Å². The molecule has 18 heavy (non-hydrogen) atoms. The first-order chi connectivity index (χ1) is 8.72. The summed E-state index contributed by atoms with van der Waals surface area (Å²) in [6, 6.07) is 1.81. The molecule has 0 amide bonds. The highest BCUT2D eigenvalue weighted by molar-refractivity contribution is 6.29. The van der Waals surface area contributed by atoms with Crippen molar-refractivity contribution in [3.63, 3.8) is 0 Å². The average Bonchev–Trinajstić information content (AvgIpc) is 2.76. The van der Waals surface area contributed by atoms with Crippen molar-refractivity contribution in [3.8, 4) is 0 Å². The van der Waals surface area contributed by atoms with Crippen LogP contribution in [0.3, 0.4) is 0 Å². The summed E-state index contributed by atoms with van der Waals surface area (Å²) in [7, 11) is 0. The molecule has 2 aromatic rings. The smallest absolute Gasteiger partial charge is 0.133 e. The quantitative estimate of drug-likeness (QED) is 0.780. The number of nitrogens with zero attached hydrogens (tertiary/aromatic N) is 4. The molecule has 0 saturated carbocycles. The third kappa shape index (κ3) is 3.07. The van der Waals surface area contributed by atoms with E-state index in [9.17, 15) is 0 Å². The van der Waals surface area contributed by atoms with Gasteiger partial charge in [-0.3, -0.25) is 0 Å². The molecule has 2 rings (SSSR count). The van der Waals surface area contributed by atoms with Gasteiger partial charge in [0.2, 0.25) is 0 Å². The van der Waals surface area contributed by atoms with Gasteiger partial charge in [-0.15, -0.1) is 0 Å². The lowest BCUT2D eigenvalue weighted by atomic mass is 10.2. The van der Waals surface area contributed by atoms with Crippen LogP contribution in [0.15, 0.2) is 18.5 Å². The van der Waals surface area contributed by atoms with E-state index < -0.39 is 0 Å². The van der Waals surface area contributed by atoms with E-state index in [1.165, 1.54) is 0 Å². The monoisotopic (exact) mass is 264 g/mol. The third-order valence-corrected chi connectivity index (χ3v) is 2.91. The Bertz CT molecular complexity index is 521. The molecule has 0 aliphatic heterocycles. The van der Waals surface area contributed by atoms with Crippen LogP contribution in [-0.2, 0) is 19.4 Å². The summed E-state index contributed by atoms with van der Waals surface area (Å²) in [5, 5.41) is 0.505. The molecule has 0 atom stereocenters. The van der Waals surface area contributed by atoms with Crippen LogP contribution in [0.2, 0.25) is 5.15 Å². The van der Waals surface area contributed by atoms with E-state index in [4.69, 9.17) is 11.6 Å². The summed E-state index contributed by atoms with van der Waals surface area (Å²) < 4.78 is 2.15. The number of halogens is 1. The molecule has 0 aromatic carbocycles. The number of aryl methyl sites for hydroxylation is 2. The highest BCUT2D eigenvalue weighted by atomic mass is 35.5. The Kier molecular flexibility index (Phi) is 4.31. The van der Waals surface area contributed by atoms with Gasteiger partial charge in [-0.1, -0.05) is 25.4 Å². The summed E-state index contributed by atoms with van der Waals surface area (Å²) in [4.78, 5) is 13.0. The van der Waals surface area contributed by atoms with Crippen LogP contribution in [0.1, 0.15) is 37.6 Å².